The van der Waals surface area contributed by atoms with E-state index < -0.39 is 5.97 Å². The Kier molecular flexibility index (Phi) is 4.60. The van der Waals surface area contributed by atoms with Crippen molar-refractivity contribution in [3.05, 3.63) is 70.2 Å². The number of nitrogens with one attached hydrogen (secondary N) is 1. The molecule has 4 nitrogen and oxygen atoms in total. The van der Waals surface area contributed by atoms with E-state index in [-0.39, 0.29) is 17.5 Å². The Balaban J connectivity index is 2.08. The van der Waals surface area contributed by atoms with Crippen LogP contribution in [0, 0.1) is 0 Å². The van der Waals surface area contributed by atoms with Crippen molar-refractivity contribution in [3.8, 4) is 0 Å². The van der Waals surface area contributed by atoms with Gasteiger partial charge in [-0.2, -0.15) is 0 Å². The van der Waals surface area contributed by atoms with Crippen LogP contribution in [0.1, 0.15) is 39.2 Å². The summed E-state index contributed by atoms with van der Waals surface area (Å²) in [5.41, 5.74) is 1.46. The molecule has 108 valence electrons. The van der Waals surface area contributed by atoms with Gasteiger partial charge >= 0.3 is 5.97 Å². The van der Waals surface area contributed by atoms with Crippen molar-refractivity contribution in [3.63, 3.8) is 0 Å². The molecule has 5 heteroatoms. The number of aromatic carboxylic acids is 1. The zero-order valence-corrected chi connectivity index (χ0v) is 12.1. The third kappa shape index (κ3) is 3.83. The number of carboxylic acids is 1. The lowest BCUT2D eigenvalue weighted by atomic mass is 10.1. The van der Waals surface area contributed by atoms with Crippen LogP contribution < -0.4 is 5.32 Å². The average Bonchev–Trinajstić information content (AvgIpc) is 2.47. The van der Waals surface area contributed by atoms with Crippen molar-refractivity contribution in [1.29, 1.82) is 0 Å². The SMILES string of the molecule is CC(NC(=O)c1ccc(C(=O)O)cc1)c1cccc(Cl)c1. The van der Waals surface area contributed by atoms with Crippen molar-refractivity contribution >= 4 is 23.5 Å². The molecule has 0 bridgehead atoms. The predicted molar refractivity (Wildman–Crippen MR) is 80.7 cm³/mol. The maximum Gasteiger partial charge on any atom is 0.335 e. The van der Waals surface area contributed by atoms with E-state index in [1.54, 1.807) is 12.1 Å². The number of hydrogen-bond donors (Lipinski definition) is 2. The van der Waals surface area contributed by atoms with Gasteiger partial charge in [0.1, 0.15) is 0 Å². The van der Waals surface area contributed by atoms with E-state index >= 15 is 0 Å². The van der Waals surface area contributed by atoms with Crippen molar-refractivity contribution < 1.29 is 14.7 Å². The molecule has 0 saturated heterocycles. The largest absolute Gasteiger partial charge is 0.478 e. The number of carboxylic acid groups (broad SMARTS) is 1. The molecule has 0 fully saturated rings. The first-order valence-corrected chi connectivity index (χ1v) is 6.75. The maximum atomic E-state index is 12.1. The summed E-state index contributed by atoms with van der Waals surface area (Å²) in [4.78, 5) is 22.9. The fraction of sp³-hybridized carbons (Fsp3) is 0.125. The van der Waals surface area contributed by atoms with E-state index in [4.69, 9.17) is 16.7 Å². The quantitative estimate of drug-likeness (QED) is 0.908. The molecule has 1 unspecified atom stereocenters. The van der Waals surface area contributed by atoms with Crippen LogP contribution in [0.4, 0.5) is 0 Å². The molecule has 1 atom stereocenters. The van der Waals surface area contributed by atoms with E-state index in [0.717, 1.165) is 5.56 Å². The molecule has 2 aromatic rings. The number of hydrogen-bond acceptors (Lipinski definition) is 2. The molecule has 0 aromatic heterocycles. The molecule has 0 aliphatic rings. The first-order valence-electron chi connectivity index (χ1n) is 6.37. The average molecular weight is 304 g/mol. The first kappa shape index (κ1) is 15.1. The second kappa shape index (κ2) is 6.41. The first-order chi connectivity index (χ1) is 9.97. The monoisotopic (exact) mass is 303 g/mol. The second-order valence-electron chi connectivity index (χ2n) is 4.63. The van der Waals surface area contributed by atoms with Crippen LogP contribution in [0.15, 0.2) is 48.5 Å². The van der Waals surface area contributed by atoms with Gasteiger partial charge in [0.15, 0.2) is 0 Å². The van der Waals surface area contributed by atoms with Crippen molar-refractivity contribution in [2.75, 3.05) is 0 Å². The van der Waals surface area contributed by atoms with Crippen molar-refractivity contribution in [2.24, 2.45) is 0 Å². The summed E-state index contributed by atoms with van der Waals surface area (Å²) in [6.45, 7) is 1.86. The molecular formula is C16H14ClNO3. The number of benzene rings is 2. The molecule has 0 spiro atoms. The molecule has 2 N–H and O–H groups in total. The van der Waals surface area contributed by atoms with E-state index in [0.29, 0.717) is 10.6 Å². The molecule has 1 amide bonds. The van der Waals surface area contributed by atoms with Crippen LogP contribution >= 0.6 is 11.6 Å². The Hall–Kier alpha value is -2.33. The zero-order valence-electron chi connectivity index (χ0n) is 11.3. The molecule has 0 heterocycles. The fourth-order valence-electron chi connectivity index (χ4n) is 1.90. The molecular weight excluding hydrogens is 290 g/mol. The lowest BCUT2D eigenvalue weighted by Crippen LogP contribution is -2.26. The van der Waals surface area contributed by atoms with Crippen LogP contribution in [0.3, 0.4) is 0 Å². The van der Waals surface area contributed by atoms with Gasteiger partial charge in [0.2, 0.25) is 0 Å². The highest BCUT2D eigenvalue weighted by Gasteiger charge is 2.12. The minimum absolute atomic E-state index is 0.148. The summed E-state index contributed by atoms with van der Waals surface area (Å²) in [5.74, 6) is -1.28. The normalized spacial score (nSPS) is 11.7. The van der Waals surface area contributed by atoms with Crippen LogP contribution in [0.5, 0.6) is 0 Å². The minimum Gasteiger partial charge on any atom is -0.478 e. The van der Waals surface area contributed by atoms with E-state index in [1.807, 2.05) is 19.1 Å². The fourth-order valence-corrected chi connectivity index (χ4v) is 2.10. The highest BCUT2D eigenvalue weighted by Crippen LogP contribution is 2.18. The number of rotatable bonds is 4. The molecule has 0 aliphatic carbocycles. The Morgan fingerprint density at radius 1 is 1.10 bits per heavy atom. The van der Waals surface area contributed by atoms with Gasteiger partial charge in [-0.25, -0.2) is 4.79 Å². The number of amides is 1. The standard InChI is InChI=1S/C16H14ClNO3/c1-10(13-3-2-4-14(17)9-13)18-15(19)11-5-7-12(8-6-11)16(20)21/h2-10H,1H3,(H,18,19)(H,20,21). The molecule has 0 saturated carbocycles. The number of carbonyl (C=O) groups is 2. The Bertz CT molecular complexity index is 667. The highest BCUT2D eigenvalue weighted by atomic mass is 35.5. The summed E-state index contributed by atoms with van der Waals surface area (Å²) in [6, 6.07) is 12.8. The summed E-state index contributed by atoms with van der Waals surface area (Å²) in [6.07, 6.45) is 0. The Morgan fingerprint density at radius 2 is 1.71 bits per heavy atom. The predicted octanol–water partition coefficient (Wildman–Crippen LogP) is 3.53. The maximum absolute atomic E-state index is 12.1. The van der Waals surface area contributed by atoms with E-state index in [9.17, 15) is 9.59 Å². The summed E-state index contributed by atoms with van der Waals surface area (Å²) in [5, 5.41) is 12.3. The lowest BCUT2D eigenvalue weighted by Gasteiger charge is -2.14. The molecule has 2 rings (SSSR count). The van der Waals surface area contributed by atoms with Gasteiger partial charge in [-0.3, -0.25) is 4.79 Å². The molecule has 21 heavy (non-hydrogen) atoms. The van der Waals surface area contributed by atoms with E-state index in [2.05, 4.69) is 5.32 Å². The third-order valence-electron chi connectivity index (χ3n) is 3.09. The van der Waals surface area contributed by atoms with Gasteiger partial charge in [0, 0.05) is 10.6 Å². The number of halogens is 1. The summed E-state index contributed by atoms with van der Waals surface area (Å²) in [7, 11) is 0. The Morgan fingerprint density at radius 3 is 2.29 bits per heavy atom. The lowest BCUT2D eigenvalue weighted by molar-refractivity contribution is 0.0696. The summed E-state index contributed by atoms with van der Waals surface area (Å²) < 4.78 is 0. The van der Waals surface area contributed by atoms with Crippen LogP contribution in [0.25, 0.3) is 0 Å². The smallest absolute Gasteiger partial charge is 0.335 e. The van der Waals surface area contributed by atoms with Gasteiger partial charge in [-0.05, 0) is 48.9 Å². The minimum atomic E-state index is -1.02. The van der Waals surface area contributed by atoms with Gasteiger partial charge in [-0.1, -0.05) is 23.7 Å². The second-order valence-corrected chi connectivity index (χ2v) is 5.07. The highest BCUT2D eigenvalue weighted by molar-refractivity contribution is 6.30. The van der Waals surface area contributed by atoms with Gasteiger partial charge in [0.25, 0.3) is 5.91 Å². The Labute approximate surface area is 127 Å². The zero-order chi connectivity index (χ0) is 15.4. The van der Waals surface area contributed by atoms with Crippen LogP contribution in [-0.4, -0.2) is 17.0 Å². The van der Waals surface area contributed by atoms with Crippen molar-refractivity contribution in [2.45, 2.75) is 13.0 Å². The van der Waals surface area contributed by atoms with Crippen LogP contribution in [-0.2, 0) is 0 Å². The molecule has 0 aliphatic heterocycles. The molecule has 2 aromatic carbocycles. The van der Waals surface area contributed by atoms with Gasteiger partial charge in [-0.15, -0.1) is 0 Å². The van der Waals surface area contributed by atoms with Gasteiger partial charge in [0.05, 0.1) is 11.6 Å². The molecule has 0 radical (unpaired) electrons. The van der Waals surface area contributed by atoms with E-state index in [1.165, 1.54) is 24.3 Å². The topological polar surface area (TPSA) is 66.4 Å². The van der Waals surface area contributed by atoms with Gasteiger partial charge < -0.3 is 10.4 Å². The summed E-state index contributed by atoms with van der Waals surface area (Å²) >= 11 is 5.92. The third-order valence-corrected chi connectivity index (χ3v) is 3.33. The van der Waals surface area contributed by atoms with Crippen molar-refractivity contribution in [1.82, 2.24) is 5.32 Å². The van der Waals surface area contributed by atoms with Crippen LogP contribution in [0.2, 0.25) is 5.02 Å². The number of carbonyl (C=O) groups excluding carboxylic acids is 1.